The molecule has 1 atom stereocenters. The van der Waals surface area contributed by atoms with Gasteiger partial charge in [-0.15, -0.1) is 12.4 Å². The predicted octanol–water partition coefficient (Wildman–Crippen LogP) is 3.00. The molecule has 0 saturated carbocycles. The number of benzene rings is 1. The zero-order chi connectivity index (χ0) is 15.9. The van der Waals surface area contributed by atoms with E-state index in [9.17, 15) is 0 Å². The molecule has 4 rings (SSSR count). The lowest BCUT2D eigenvalue weighted by Gasteiger charge is -2.23. The second-order valence-corrected chi connectivity index (χ2v) is 7.39. The smallest absolute Gasteiger partial charge is 0.0682 e. The van der Waals surface area contributed by atoms with E-state index < -0.39 is 0 Å². The summed E-state index contributed by atoms with van der Waals surface area (Å²) in [7, 11) is 2.02. The fraction of sp³-hybridized carbons (Fsp3) is 0.526. The molecule has 1 aromatic carbocycles. The maximum Gasteiger partial charge on any atom is 0.0682 e. The molecular formula is C19H27ClN4. The Labute approximate surface area is 150 Å². The monoisotopic (exact) mass is 346 g/mol. The molecule has 1 spiro atoms. The second kappa shape index (κ2) is 6.87. The minimum Gasteiger partial charge on any atom is -0.316 e. The lowest BCUT2D eigenvalue weighted by Crippen LogP contribution is -2.29. The Morgan fingerprint density at radius 3 is 2.83 bits per heavy atom. The van der Waals surface area contributed by atoms with Crippen molar-refractivity contribution in [3.8, 4) is 11.3 Å². The van der Waals surface area contributed by atoms with E-state index in [4.69, 9.17) is 0 Å². The Morgan fingerprint density at radius 1 is 1.25 bits per heavy atom. The molecule has 0 amide bonds. The summed E-state index contributed by atoms with van der Waals surface area (Å²) in [6.07, 6.45) is 4.56. The first-order chi connectivity index (χ1) is 11.2. The van der Waals surface area contributed by atoms with Crippen LogP contribution in [0.4, 0.5) is 0 Å². The number of hydrogen-bond donors (Lipinski definition) is 1. The van der Waals surface area contributed by atoms with E-state index in [1.807, 2.05) is 17.9 Å². The van der Waals surface area contributed by atoms with Crippen LogP contribution in [0.1, 0.15) is 24.0 Å². The number of likely N-dealkylation sites (tertiary alicyclic amines) is 1. The molecule has 24 heavy (non-hydrogen) atoms. The summed E-state index contributed by atoms with van der Waals surface area (Å²) < 4.78 is 1.98. The van der Waals surface area contributed by atoms with Gasteiger partial charge in [-0.1, -0.05) is 17.7 Å². The Bertz CT molecular complexity index is 703. The van der Waals surface area contributed by atoms with Gasteiger partial charge in [0.2, 0.25) is 0 Å². The third-order valence-corrected chi connectivity index (χ3v) is 5.61. The molecular weight excluding hydrogens is 320 g/mol. The van der Waals surface area contributed by atoms with Crippen LogP contribution in [0, 0.1) is 12.3 Å². The van der Waals surface area contributed by atoms with E-state index in [0.717, 1.165) is 6.54 Å². The normalized spacial score (nSPS) is 23.8. The van der Waals surface area contributed by atoms with Crippen LogP contribution in [-0.4, -0.2) is 40.9 Å². The van der Waals surface area contributed by atoms with Gasteiger partial charge in [-0.3, -0.25) is 9.58 Å². The van der Waals surface area contributed by atoms with Gasteiger partial charge >= 0.3 is 0 Å². The molecule has 0 bridgehead atoms. The number of aryl methyl sites for hydroxylation is 2. The van der Waals surface area contributed by atoms with Crippen LogP contribution in [0.15, 0.2) is 30.5 Å². The first-order valence-corrected chi connectivity index (χ1v) is 8.66. The van der Waals surface area contributed by atoms with Crippen molar-refractivity contribution in [1.29, 1.82) is 0 Å². The van der Waals surface area contributed by atoms with Gasteiger partial charge in [0.05, 0.1) is 5.69 Å². The first kappa shape index (κ1) is 17.5. The van der Waals surface area contributed by atoms with Gasteiger partial charge in [-0.2, -0.15) is 5.10 Å². The molecule has 0 radical (unpaired) electrons. The highest BCUT2D eigenvalue weighted by Gasteiger charge is 2.40. The Morgan fingerprint density at radius 2 is 2.12 bits per heavy atom. The van der Waals surface area contributed by atoms with Crippen molar-refractivity contribution in [2.24, 2.45) is 12.5 Å². The molecule has 2 fully saturated rings. The minimum absolute atomic E-state index is 0. The maximum atomic E-state index is 4.35. The highest BCUT2D eigenvalue weighted by Crippen LogP contribution is 2.37. The summed E-state index contributed by atoms with van der Waals surface area (Å²) in [5.41, 5.74) is 5.80. The van der Waals surface area contributed by atoms with Crippen LogP contribution in [0.25, 0.3) is 11.3 Å². The number of nitrogens with zero attached hydrogens (tertiary/aromatic N) is 3. The van der Waals surface area contributed by atoms with Crippen molar-refractivity contribution in [3.63, 3.8) is 0 Å². The molecule has 1 N–H and O–H groups in total. The maximum absolute atomic E-state index is 4.35. The molecule has 2 aliphatic heterocycles. The van der Waals surface area contributed by atoms with Gasteiger partial charge in [-0.05, 0) is 56.0 Å². The second-order valence-electron chi connectivity index (χ2n) is 7.39. The average molecular weight is 347 g/mol. The Balaban J connectivity index is 0.00000169. The molecule has 1 unspecified atom stereocenters. The van der Waals surface area contributed by atoms with Crippen molar-refractivity contribution < 1.29 is 0 Å². The summed E-state index contributed by atoms with van der Waals surface area (Å²) >= 11 is 0. The summed E-state index contributed by atoms with van der Waals surface area (Å²) in [5.74, 6) is 0. The fourth-order valence-electron chi connectivity index (χ4n) is 4.25. The largest absolute Gasteiger partial charge is 0.316 e. The number of aromatic nitrogens is 2. The van der Waals surface area contributed by atoms with Crippen molar-refractivity contribution in [2.75, 3.05) is 26.2 Å². The molecule has 3 heterocycles. The molecule has 130 valence electrons. The molecule has 1 aromatic heterocycles. The van der Waals surface area contributed by atoms with E-state index in [0.29, 0.717) is 5.41 Å². The highest BCUT2D eigenvalue weighted by molar-refractivity contribution is 5.85. The Kier molecular flexibility index (Phi) is 5.00. The fourth-order valence-corrected chi connectivity index (χ4v) is 4.25. The van der Waals surface area contributed by atoms with E-state index in [1.54, 1.807) is 0 Å². The SMILES string of the molecule is Cc1ccc(CN2CCC3(CCNC3)C2)c(-c2ccnn2C)c1.Cl. The van der Waals surface area contributed by atoms with E-state index >= 15 is 0 Å². The number of nitrogens with one attached hydrogen (secondary N) is 1. The van der Waals surface area contributed by atoms with Crippen molar-refractivity contribution in [2.45, 2.75) is 26.3 Å². The summed E-state index contributed by atoms with van der Waals surface area (Å²) in [6.45, 7) is 8.06. The van der Waals surface area contributed by atoms with Gasteiger partial charge in [0, 0.05) is 38.4 Å². The van der Waals surface area contributed by atoms with Gasteiger partial charge < -0.3 is 5.32 Å². The minimum atomic E-state index is 0. The Hall–Kier alpha value is -1.36. The average Bonchev–Trinajstić information content (AvgIpc) is 3.25. The van der Waals surface area contributed by atoms with Gasteiger partial charge in [-0.25, -0.2) is 0 Å². The molecule has 4 nitrogen and oxygen atoms in total. The van der Waals surface area contributed by atoms with Crippen LogP contribution in [-0.2, 0) is 13.6 Å². The van der Waals surface area contributed by atoms with Crippen LogP contribution in [0.3, 0.4) is 0 Å². The van der Waals surface area contributed by atoms with Gasteiger partial charge in [0.15, 0.2) is 0 Å². The van der Waals surface area contributed by atoms with Crippen molar-refractivity contribution >= 4 is 12.4 Å². The molecule has 5 heteroatoms. The highest BCUT2D eigenvalue weighted by atomic mass is 35.5. The van der Waals surface area contributed by atoms with E-state index in [-0.39, 0.29) is 12.4 Å². The van der Waals surface area contributed by atoms with Crippen LogP contribution >= 0.6 is 12.4 Å². The van der Waals surface area contributed by atoms with Crippen LogP contribution < -0.4 is 5.32 Å². The number of halogens is 1. The summed E-state index contributed by atoms with van der Waals surface area (Å²) in [5, 5.41) is 7.90. The van der Waals surface area contributed by atoms with Gasteiger partial charge in [0.1, 0.15) is 0 Å². The third kappa shape index (κ3) is 3.23. The quantitative estimate of drug-likeness (QED) is 0.927. The predicted molar refractivity (Wildman–Crippen MR) is 100 cm³/mol. The topological polar surface area (TPSA) is 33.1 Å². The zero-order valence-electron chi connectivity index (χ0n) is 14.6. The first-order valence-electron chi connectivity index (χ1n) is 8.66. The molecule has 0 aliphatic carbocycles. The zero-order valence-corrected chi connectivity index (χ0v) is 15.4. The lowest BCUT2D eigenvalue weighted by molar-refractivity contribution is 0.269. The van der Waals surface area contributed by atoms with Crippen molar-refractivity contribution in [3.05, 3.63) is 41.6 Å². The summed E-state index contributed by atoms with van der Waals surface area (Å²) in [6, 6.07) is 8.95. The summed E-state index contributed by atoms with van der Waals surface area (Å²) in [4.78, 5) is 2.64. The van der Waals surface area contributed by atoms with Crippen molar-refractivity contribution in [1.82, 2.24) is 20.0 Å². The molecule has 2 aliphatic rings. The number of hydrogen-bond acceptors (Lipinski definition) is 3. The standard InChI is InChI=1S/C19H26N4.ClH/c1-15-3-4-16(17(11-15)18-5-8-21-22(18)2)12-23-10-7-19(14-23)6-9-20-13-19;/h3-5,8,11,20H,6-7,9-10,12-14H2,1-2H3;1H. The third-order valence-electron chi connectivity index (χ3n) is 5.61. The van der Waals surface area contributed by atoms with Gasteiger partial charge in [0.25, 0.3) is 0 Å². The van der Waals surface area contributed by atoms with Crippen LogP contribution in [0.2, 0.25) is 0 Å². The molecule has 2 saturated heterocycles. The van der Waals surface area contributed by atoms with E-state index in [1.165, 1.54) is 61.4 Å². The number of rotatable bonds is 3. The molecule has 2 aromatic rings. The van der Waals surface area contributed by atoms with E-state index in [2.05, 4.69) is 46.5 Å². The lowest BCUT2D eigenvalue weighted by atomic mass is 9.86. The van der Waals surface area contributed by atoms with Crippen LogP contribution in [0.5, 0.6) is 0 Å².